The van der Waals surface area contributed by atoms with Crippen LogP contribution in [0.25, 0.3) is 0 Å². The van der Waals surface area contributed by atoms with E-state index in [4.69, 9.17) is 16.0 Å². The monoisotopic (exact) mass is 392 g/mol. The molecule has 2 rings (SSSR count). The van der Waals surface area contributed by atoms with Crippen LogP contribution in [0.2, 0.25) is 5.02 Å². The Labute approximate surface area is 137 Å². The van der Waals surface area contributed by atoms with E-state index in [1.54, 1.807) is 12.1 Å². The highest BCUT2D eigenvalue weighted by atomic mass is 79.9. The quantitative estimate of drug-likeness (QED) is 0.844. The van der Waals surface area contributed by atoms with Gasteiger partial charge >= 0.3 is 0 Å². The summed E-state index contributed by atoms with van der Waals surface area (Å²) in [5.41, 5.74) is 0.802. The van der Waals surface area contributed by atoms with E-state index in [9.17, 15) is 8.42 Å². The van der Waals surface area contributed by atoms with Gasteiger partial charge in [0.2, 0.25) is 5.09 Å². The fourth-order valence-electron chi connectivity index (χ4n) is 1.59. The number of furan rings is 1. The third kappa shape index (κ3) is 3.60. The van der Waals surface area contributed by atoms with Gasteiger partial charge in [-0.3, -0.25) is 0 Å². The molecular weight excluding hydrogens is 380 g/mol. The van der Waals surface area contributed by atoms with Gasteiger partial charge in [0, 0.05) is 14.1 Å². The Morgan fingerprint density at radius 1 is 1.29 bits per heavy atom. The van der Waals surface area contributed by atoms with Gasteiger partial charge in [-0.1, -0.05) is 17.7 Å². The van der Waals surface area contributed by atoms with E-state index in [-0.39, 0.29) is 5.09 Å². The van der Waals surface area contributed by atoms with Crippen LogP contribution in [0.1, 0.15) is 5.76 Å². The van der Waals surface area contributed by atoms with Crippen molar-refractivity contribution in [2.45, 2.75) is 11.6 Å². The molecule has 0 atom stereocenters. The minimum atomic E-state index is -3.55. The summed E-state index contributed by atoms with van der Waals surface area (Å²) in [6, 6.07) is 8.52. The molecule has 2 aromatic rings. The predicted octanol–water partition coefficient (Wildman–Crippen LogP) is 3.56. The minimum absolute atomic E-state index is 0.0746. The molecule has 1 aromatic heterocycles. The Morgan fingerprint density at radius 3 is 2.67 bits per heavy atom. The molecule has 0 aliphatic carbocycles. The SMILES string of the molecule is CN(C)S(=O)(=O)c1ccc(CNc2cccc(Cl)c2Br)o1. The van der Waals surface area contributed by atoms with Crippen molar-refractivity contribution in [2.24, 2.45) is 0 Å². The van der Waals surface area contributed by atoms with Crippen molar-refractivity contribution in [1.82, 2.24) is 4.31 Å². The molecule has 0 spiro atoms. The van der Waals surface area contributed by atoms with Gasteiger partial charge in [-0.15, -0.1) is 0 Å². The number of nitrogens with one attached hydrogen (secondary N) is 1. The summed E-state index contributed by atoms with van der Waals surface area (Å²) in [4.78, 5) is 0. The molecule has 21 heavy (non-hydrogen) atoms. The average molecular weight is 394 g/mol. The molecule has 0 unspecified atom stereocenters. The van der Waals surface area contributed by atoms with Crippen LogP contribution in [0.15, 0.2) is 44.3 Å². The Morgan fingerprint density at radius 2 is 2.00 bits per heavy atom. The molecule has 1 aromatic carbocycles. The summed E-state index contributed by atoms with van der Waals surface area (Å²) in [7, 11) is -0.631. The first kappa shape index (κ1) is 16.4. The predicted molar refractivity (Wildman–Crippen MR) is 86.1 cm³/mol. The highest BCUT2D eigenvalue weighted by Crippen LogP contribution is 2.30. The molecule has 0 radical (unpaired) electrons. The minimum Gasteiger partial charge on any atom is -0.446 e. The zero-order valence-corrected chi connectivity index (χ0v) is 14.6. The summed E-state index contributed by atoms with van der Waals surface area (Å²) < 4.78 is 31.0. The highest BCUT2D eigenvalue weighted by Gasteiger charge is 2.21. The normalized spacial score (nSPS) is 11.9. The second-order valence-electron chi connectivity index (χ2n) is 4.46. The summed E-state index contributed by atoms with van der Waals surface area (Å²) >= 11 is 9.38. The standard InChI is InChI=1S/C13H14BrClN2O3S/c1-17(2)21(18,19)12-7-6-9(20-12)8-16-11-5-3-4-10(15)13(11)14/h3-7,16H,8H2,1-2H3. The lowest BCUT2D eigenvalue weighted by molar-refractivity contribution is 0.402. The third-order valence-electron chi connectivity index (χ3n) is 2.78. The number of hydrogen-bond donors (Lipinski definition) is 1. The first-order valence-electron chi connectivity index (χ1n) is 6.01. The third-order valence-corrected chi connectivity index (χ3v) is 5.86. The number of sulfonamides is 1. The van der Waals surface area contributed by atoms with Crippen molar-refractivity contribution in [1.29, 1.82) is 0 Å². The van der Waals surface area contributed by atoms with Crippen LogP contribution >= 0.6 is 27.5 Å². The van der Waals surface area contributed by atoms with Crippen molar-refractivity contribution < 1.29 is 12.8 Å². The molecule has 0 saturated heterocycles. The Balaban J connectivity index is 2.12. The number of halogens is 2. The first-order valence-corrected chi connectivity index (χ1v) is 8.62. The molecule has 0 saturated carbocycles. The molecule has 0 fully saturated rings. The lowest BCUT2D eigenvalue weighted by atomic mass is 10.3. The van der Waals surface area contributed by atoms with E-state index in [1.807, 2.05) is 12.1 Å². The van der Waals surface area contributed by atoms with E-state index >= 15 is 0 Å². The maximum atomic E-state index is 11.9. The van der Waals surface area contributed by atoms with Crippen LogP contribution in [0.3, 0.4) is 0 Å². The number of rotatable bonds is 5. The van der Waals surface area contributed by atoms with Crippen LogP contribution in [0, 0.1) is 0 Å². The first-order chi connectivity index (χ1) is 9.82. The lowest BCUT2D eigenvalue weighted by Crippen LogP contribution is -2.21. The maximum Gasteiger partial charge on any atom is 0.275 e. The average Bonchev–Trinajstić information content (AvgIpc) is 2.90. The fraction of sp³-hybridized carbons (Fsp3) is 0.231. The molecule has 0 aliphatic heterocycles. The van der Waals surface area contributed by atoms with Gasteiger partial charge in [-0.2, -0.15) is 0 Å². The Kier molecular flexibility index (Phi) is 4.98. The lowest BCUT2D eigenvalue weighted by Gasteiger charge is -2.09. The molecule has 0 bridgehead atoms. The summed E-state index contributed by atoms with van der Waals surface area (Å²) in [6.07, 6.45) is 0. The summed E-state index contributed by atoms with van der Waals surface area (Å²) in [5, 5.41) is 3.65. The molecule has 1 heterocycles. The van der Waals surface area contributed by atoms with Gasteiger partial charge in [0.15, 0.2) is 0 Å². The smallest absolute Gasteiger partial charge is 0.275 e. The van der Waals surface area contributed by atoms with E-state index in [0.717, 1.165) is 14.5 Å². The Hall–Kier alpha value is -1.02. The highest BCUT2D eigenvalue weighted by molar-refractivity contribution is 9.10. The summed E-state index contributed by atoms with van der Waals surface area (Å²) in [5.74, 6) is 0.516. The second kappa shape index (κ2) is 6.39. The number of anilines is 1. The number of benzene rings is 1. The van der Waals surface area contributed by atoms with E-state index in [1.165, 1.54) is 20.2 Å². The van der Waals surface area contributed by atoms with Crippen molar-refractivity contribution in [2.75, 3.05) is 19.4 Å². The van der Waals surface area contributed by atoms with Crippen molar-refractivity contribution in [3.05, 3.63) is 45.6 Å². The number of nitrogens with zero attached hydrogens (tertiary/aromatic N) is 1. The van der Waals surface area contributed by atoms with Crippen LogP contribution < -0.4 is 5.32 Å². The summed E-state index contributed by atoms with van der Waals surface area (Å²) in [6.45, 7) is 0.349. The second-order valence-corrected chi connectivity index (χ2v) is 7.75. The Bertz CT molecular complexity index is 744. The van der Waals surface area contributed by atoms with Crippen LogP contribution in [0.5, 0.6) is 0 Å². The topological polar surface area (TPSA) is 62.6 Å². The van der Waals surface area contributed by atoms with Crippen molar-refractivity contribution in [3.8, 4) is 0 Å². The molecular formula is C13H14BrClN2O3S. The van der Waals surface area contributed by atoms with E-state index in [0.29, 0.717) is 17.3 Å². The van der Waals surface area contributed by atoms with Gasteiger partial charge in [-0.25, -0.2) is 12.7 Å². The van der Waals surface area contributed by atoms with Gasteiger partial charge in [0.1, 0.15) is 5.76 Å². The van der Waals surface area contributed by atoms with Gasteiger partial charge in [0.05, 0.1) is 21.7 Å². The van der Waals surface area contributed by atoms with E-state index in [2.05, 4.69) is 21.2 Å². The van der Waals surface area contributed by atoms with Gasteiger partial charge in [0.25, 0.3) is 10.0 Å². The molecule has 0 aliphatic rings. The number of hydrogen-bond acceptors (Lipinski definition) is 4. The van der Waals surface area contributed by atoms with Crippen LogP contribution in [-0.4, -0.2) is 26.8 Å². The molecule has 114 valence electrons. The molecule has 5 nitrogen and oxygen atoms in total. The zero-order valence-electron chi connectivity index (χ0n) is 11.4. The molecule has 0 amide bonds. The maximum absolute atomic E-state index is 11.9. The molecule has 8 heteroatoms. The van der Waals surface area contributed by atoms with Crippen molar-refractivity contribution >= 4 is 43.2 Å². The van der Waals surface area contributed by atoms with Crippen LogP contribution in [0.4, 0.5) is 5.69 Å². The zero-order chi connectivity index (χ0) is 15.6. The van der Waals surface area contributed by atoms with Gasteiger partial charge in [-0.05, 0) is 40.2 Å². The van der Waals surface area contributed by atoms with Crippen molar-refractivity contribution in [3.63, 3.8) is 0 Å². The largest absolute Gasteiger partial charge is 0.446 e. The van der Waals surface area contributed by atoms with Crippen LogP contribution in [-0.2, 0) is 16.6 Å². The molecule has 1 N–H and O–H groups in total. The van der Waals surface area contributed by atoms with E-state index < -0.39 is 10.0 Å². The fourth-order valence-corrected chi connectivity index (χ4v) is 2.99. The van der Waals surface area contributed by atoms with Gasteiger partial charge < -0.3 is 9.73 Å².